The van der Waals surface area contributed by atoms with Gasteiger partial charge in [-0.3, -0.25) is 4.98 Å². The van der Waals surface area contributed by atoms with Gasteiger partial charge in [-0.25, -0.2) is 4.57 Å². The average molecular weight is 436 g/mol. The standard InChI is InChI=1S/C30H31N2O/c1-18-24(26-25-23(13-16-32(26)6)29(2,3)14-15-30(25,4)5)28-22(17-31-18)21-12-11-19-9-7-8-10-20(19)27(21)33-28/h7-13,16-17H,14-15H2,1-6H3/q+1. The van der Waals surface area contributed by atoms with Crippen molar-refractivity contribution in [1.82, 2.24) is 4.98 Å². The second-order valence-electron chi connectivity index (χ2n) is 11.1. The number of rotatable bonds is 1. The highest BCUT2D eigenvalue weighted by Crippen LogP contribution is 2.49. The highest BCUT2D eigenvalue weighted by molar-refractivity contribution is 6.17. The van der Waals surface area contributed by atoms with Gasteiger partial charge in [0, 0.05) is 34.0 Å². The lowest BCUT2D eigenvalue weighted by Crippen LogP contribution is -2.41. The molecule has 1 aliphatic rings. The summed E-state index contributed by atoms with van der Waals surface area (Å²) in [5.74, 6) is 0. The highest BCUT2D eigenvalue weighted by atomic mass is 16.3. The van der Waals surface area contributed by atoms with Crippen molar-refractivity contribution in [2.45, 2.75) is 58.3 Å². The molecule has 0 amide bonds. The quantitative estimate of drug-likeness (QED) is 0.259. The van der Waals surface area contributed by atoms with Gasteiger partial charge in [0.2, 0.25) is 5.69 Å². The normalized spacial score (nSPS) is 17.0. The predicted molar refractivity (Wildman–Crippen MR) is 136 cm³/mol. The maximum atomic E-state index is 6.74. The van der Waals surface area contributed by atoms with Crippen LogP contribution in [0.3, 0.4) is 0 Å². The lowest BCUT2D eigenvalue weighted by molar-refractivity contribution is -0.661. The van der Waals surface area contributed by atoms with Crippen LogP contribution in [0.1, 0.15) is 57.4 Å². The summed E-state index contributed by atoms with van der Waals surface area (Å²) in [6.07, 6.45) is 6.56. The molecule has 0 unspecified atom stereocenters. The SMILES string of the molecule is Cc1ncc2c(oc3c4ccccc4ccc23)c1-c1c2c(cc[n+]1C)C(C)(C)CCC2(C)C. The summed E-state index contributed by atoms with van der Waals surface area (Å²) < 4.78 is 9.02. The van der Waals surface area contributed by atoms with Crippen LogP contribution in [0, 0.1) is 6.92 Å². The molecular formula is C30H31N2O+. The third kappa shape index (κ3) is 2.81. The van der Waals surface area contributed by atoms with E-state index in [9.17, 15) is 0 Å². The van der Waals surface area contributed by atoms with Crippen LogP contribution in [-0.2, 0) is 17.9 Å². The van der Waals surface area contributed by atoms with E-state index in [-0.39, 0.29) is 10.8 Å². The minimum absolute atomic E-state index is 0.0759. The van der Waals surface area contributed by atoms with Gasteiger partial charge in [-0.1, -0.05) is 58.0 Å². The molecule has 3 aromatic heterocycles. The van der Waals surface area contributed by atoms with E-state index in [4.69, 9.17) is 9.40 Å². The summed E-state index contributed by atoms with van der Waals surface area (Å²) in [4.78, 5) is 4.89. The summed E-state index contributed by atoms with van der Waals surface area (Å²) in [6.45, 7) is 11.6. The van der Waals surface area contributed by atoms with Crippen LogP contribution in [0.15, 0.2) is 59.3 Å². The molecule has 33 heavy (non-hydrogen) atoms. The number of hydrogen-bond acceptors (Lipinski definition) is 2. The van der Waals surface area contributed by atoms with E-state index in [2.05, 4.69) is 94.9 Å². The summed E-state index contributed by atoms with van der Waals surface area (Å²) in [6, 6.07) is 15.1. The molecule has 3 heteroatoms. The molecule has 166 valence electrons. The van der Waals surface area contributed by atoms with Crippen molar-refractivity contribution < 1.29 is 8.98 Å². The van der Waals surface area contributed by atoms with Crippen LogP contribution in [0.4, 0.5) is 0 Å². The summed E-state index contributed by atoms with van der Waals surface area (Å²) >= 11 is 0. The zero-order chi connectivity index (χ0) is 23.1. The number of nitrogens with zero attached hydrogens (tertiary/aromatic N) is 2. The maximum absolute atomic E-state index is 6.74. The van der Waals surface area contributed by atoms with Gasteiger partial charge in [0.05, 0.1) is 5.69 Å². The average Bonchev–Trinajstić information content (AvgIpc) is 3.16. The molecule has 3 heterocycles. The Morgan fingerprint density at radius 1 is 0.848 bits per heavy atom. The zero-order valence-electron chi connectivity index (χ0n) is 20.4. The molecule has 1 aliphatic carbocycles. The molecule has 0 saturated heterocycles. The molecular weight excluding hydrogens is 404 g/mol. The Morgan fingerprint density at radius 2 is 1.61 bits per heavy atom. The van der Waals surface area contributed by atoms with Crippen molar-refractivity contribution in [3.63, 3.8) is 0 Å². The molecule has 0 N–H and O–H groups in total. The number of aryl methyl sites for hydroxylation is 2. The second-order valence-corrected chi connectivity index (χ2v) is 11.1. The van der Waals surface area contributed by atoms with E-state index < -0.39 is 0 Å². The Bertz CT molecular complexity index is 1590. The van der Waals surface area contributed by atoms with Crippen molar-refractivity contribution >= 4 is 32.7 Å². The van der Waals surface area contributed by atoms with Crippen molar-refractivity contribution in [3.8, 4) is 11.3 Å². The van der Waals surface area contributed by atoms with Gasteiger partial charge in [0.25, 0.3) is 0 Å². The van der Waals surface area contributed by atoms with Gasteiger partial charge in [-0.2, -0.15) is 0 Å². The van der Waals surface area contributed by atoms with Gasteiger partial charge in [0.1, 0.15) is 18.2 Å². The van der Waals surface area contributed by atoms with E-state index in [1.54, 1.807) is 0 Å². The largest absolute Gasteiger partial charge is 0.454 e. The molecule has 0 bridgehead atoms. The Labute approximate surface area is 195 Å². The third-order valence-electron chi connectivity index (χ3n) is 7.94. The van der Waals surface area contributed by atoms with Gasteiger partial charge in [-0.15, -0.1) is 0 Å². The van der Waals surface area contributed by atoms with E-state index in [0.29, 0.717) is 0 Å². The minimum atomic E-state index is 0.0759. The third-order valence-corrected chi connectivity index (χ3v) is 7.94. The molecule has 0 saturated carbocycles. The molecule has 0 fully saturated rings. The minimum Gasteiger partial charge on any atom is -0.454 e. The first-order valence-corrected chi connectivity index (χ1v) is 11.9. The first-order valence-electron chi connectivity index (χ1n) is 11.9. The van der Waals surface area contributed by atoms with E-state index in [1.165, 1.54) is 28.6 Å². The Hall–Kier alpha value is -3.20. The van der Waals surface area contributed by atoms with Crippen molar-refractivity contribution in [2.24, 2.45) is 7.05 Å². The van der Waals surface area contributed by atoms with Crippen LogP contribution in [0.5, 0.6) is 0 Å². The number of pyridine rings is 2. The van der Waals surface area contributed by atoms with Crippen LogP contribution < -0.4 is 4.57 Å². The van der Waals surface area contributed by atoms with Gasteiger partial charge >= 0.3 is 0 Å². The molecule has 0 radical (unpaired) electrons. The first kappa shape index (κ1) is 20.4. The summed E-state index contributed by atoms with van der Waals surface area (Å²) in [5, 5.41) is 4.56. The van der Waals surface area contributed by atoms with Crippen LogP contribution in [0.25, 0.3) is 44.0 Å². The number of benzene rings is 2. The fourth-order valence-corrected chi connectivity index (χ4v) is 5.91. The van der Waals surface area contributed by atoms with Crippen molar-refractivity contribution in [1.29, 1.82) is 0 Å². The molecule has 5 aromatic rings. The topological polar surface area (TPSA) is 29.9 Å². The maximum Gasteiger partial charge on any atom is 0.222 e. The molecule has 3 nitrogen and oxygen atoms in total. The number of fused-ring (bicyclic) bond motifs is 6. The molecule has 2 aromatic carbocycles. The van der Waals surface area contributed by atoms with E-state index in [1.807, 2.05) is 6.20 Å². The van der Waals surface area contributed by atoms with Crippen molar-refractivity contribution in [2.75, 3.05) is 0 Å². The number of hydrogen-bond donors (Lipinski definition) is 0. The fourth-order valence-electron chi connectivity index (χ4n) is 5.91. The highest BCUT2D eigenvalue weighted by Gasteiger charge is 2.43. The van der Waals surface area contributed by atoms with Gasteiger partial charge in [0.15, 0.2) is 11.8 Å². The predicted octanol–water partition coefficient (Wildman–Crippen LogP) is 7.28. The monoisotopic (exact) mass is 435 g/mol. The second kappa shape index (κ2) is 6.66. The van der Waals surface area contributed by atoms with Crippen LogP contribution >= 0.6 is 0 Å². The lowest BCUT2D eigenvalue weighted by Gasteiger charge is -2.41. The van der Waals surface area contributed by atoms with E-state index in [0.717, 1.165) is 45.0 Å². The smallest absolute Gasteiger partial charge is 0.222 e. The Kier molecular flexibility index (Phi) is 4.12. The van der Waals surface area contributed by atoms with Gasteiger partial charge < -0.3 is 4.42 Å². The van der Waals surface area contributed by atoms with E-state index >= 15 is 0 Å². The van der Waals surface area contributed by atoms with Crippen LogP contribution in [-0.4, -0.2) is 4.98 Å². The van der Waals surface area contributed by atoms with Crippen LogP contribution in [0.2, 0.25) is 0 Å². The first-order chi connectivity index (χ1) is 15.7. The molecule has 0 spiro atoms. The molecule has 0 aliphatic heterocycles. The number of furan rings is 1. The molecule has 6 rings (SSSR count). The zero-order valence-corrected chi connectivity index (χ0v) is 20.4. The van der Waals surface area contributed by atoms with Crippen molar-refractivity contribution in [3.05, 3.63) is 71.7 Å². The number of aromatic nitrogens is 2. The summed E-state index contributed by atoms with van der Waals surface area (Å²) in [7, 11) is 2.16. The Balaban J connectivity index is 1.78. The Morgan fingerprint density at radius 3 is 2.42 bits per heavy atom. The summed E-state index contributed by atoms with van der Waals surface area (Å²) in [5.41, 5.74) is 8.37. The molecule has 0 atom stereocenters. The van der Waals surface area contributed by atoms with Gasteiger partial charge in [-0.05, 0) is 47.6 Å². The lowest BCUT2D eigenvalue weighted by atomic mass is 9.62. The fraction of sp³-hybridized carbons (Fsp3) is 0.333.